The maximum absolute atomic E-state index is 8.70. The zero-order valence-electron chi connectivity index (χ0n) is 7.37. The standard InChI is InChI=1S/C10H10N2O/c1-8(2)12-13-10-6-4-3-5-9(10)7-11/h3-6,12H,1H2,2H3. The van der Waals surface area contributed by atoms with Crippen LogP contribution >= 0.6 is 0 Å². The molecule has 0 saturated heterocycles. The van der Waals surface area contributed by atoms with Gasteiger partial charge in [0, 0.05) is 5.70 Å². The number of nitriles is 1. The zero-order valence-corrected chi connectivity index (χ0v) is 7.37. The van der Waals surface area contributed by atoms with Gasteiger partial charge in [-0.2, -0.15) is 5.26 Å². The van der Waals surface area contributed by atoms with Crippen LogP contribution in [-0.4, -0.2) is 0 Å². The third-order valence-electron chi connectivity index (χ3n) is 1.34. The van der Waals surface area contributed by atoms with Crippen LogP contribution in [-0.2, 0) is 0 Å². The van der Waals surface area contributed by atoms with Gasteiger partial charge in [-0.05, 0) is 19.1 Å². The number of rotatable bonds is 3. The van der Waals surface area contributed by atoms with Crippen molar-refractivity contribution in [3.8, 4) is 11.8 Å². The third kappa shape index (κ3) is 2.53. The maximum Gasteiger partial charge on any atom is 0.172 e. The summed E-state index contributed by atoms with van der Waals surface area (Å²) in [7, 11) is 0. The minimum Gasteiger partial charge on any atom is -0.381 e. The van der Waals surface area contributed by atoms with Crippen molar-refractivity contribution in [3.63, 3.8) is 0 Å². The van der Waals surface area contributed by atoms with Gasteiger partial charge in [0.2, 0.25) is 0 Å². The molecule has 0 aliphatic heterocycles. The van der Waals surface area contributed by atoms with Crippen molar-refractivity contribution in [2.75, 3.05) is 0 Å². The summed E-state index contributed by atoms with van der Waals surface area (Å²) in [5.74, 6) is 0.507. The van der Waals surface area contributed by atoms with Crippen LogP contribution in [0.1, 0.15) is 12.5 Å². The summed E-state index contributed by atoms with van der Waals surface area (Å²) < 4.78 is 0. The Morgan fingerprint density at radius 3 is 2.85 bits per heavy atom. The number of hydroxylamine groups is 1. The summed E-state index contributed by atoms with van der Waals surface area (Å²) in [4.78, 5) is 5.12. The van der Waals surface area contributed by atoms with Crippen LogP contribution in [0.5, 0.6) is 5.75 Å². The molecule has 0 radical (unpaired) electrons. The predicted molar refractivity (Wildman–Crippen MR) is 49.7 cm³/mol. The molecular formula is C10H10N2O. The molecule has 1 aromatic carbocycles. The Morgan fingerprint density at radius 2 is 2.23 bits per heavy atom. The minimum absolute atomic E-state index is 0.497. The third-order valence-corrected chi connectivity index (χ3v) is 1.34. The van der Waals surface area contributed by atoms with Gasteiger partial charge in [-0.3, -0.25) is 0 Å². The molecule has 1 aromatic rings. The number of nitrogens with one attached hydrogen (secondary N) is 1. The summed E-state index contributed by atoms with van der Waals surface area (Å²) in [6, 6.07) is 9.02. The number of para-hydroxylation sites is 1. The Balaban J connectivity index is 2.77. The molecule has 0 saturated carbocycles. The van der Waals surface area contributed by atoms with Crippen LogP contribution < -0.4 is 10.3 Å². The van der Waals surface area contributed by atoms with Crippen molar-refractivity contribution in [1.29, 1.82) is 5.26 Å². The van der Waals surface area contributed by atoms with Gasteiger partial charge in [0.15, 0.2) is 5.75 Å². The van der Waals surface area contributed by atoms with Crippen LogP contribution in [0.2, 0.25) is 0 Å². The van der Waals surface area contributed by atoms with Crippen LogP contribution in [0, 0.1) is 11.3 Å². The van der Waals surface area contributed by atoms with Gasteiger partial charge in [-0.25, -0.2) is 5.48 Å². The lowest BCUT2D eigenvalue weighted by molar-refractivity contribution is 0.229. The highest BCUT2D eigenvalue weighted by atomic mass is 16.6. The highest BCUT2D eigenvalue weighted by molar-refractivity contribution is 5.42. The van der Waals surface area contributed by atoms with Gasteiger partial charge in [-0.1, -0.05) is 18.7 Å². The molecule has 0 bridgehead atoms. The van der Waals surface area contributed by atoms with E-state index >= 15 is 0 Å². The summed E-state index contributed by atoms with van der Waals surface area (Å²) >= 11 is 0. The highest BCUT2D eigenvalue weighted by Gasteiger charge is 2.00. The van der Waals surface area contributed by atoms with E-state index in [0.29, 0.717) is 17.0 Å². The van der Waals surface area contributed by atoms with E-state index in [4.69, 9.17) is 10.1 Å². The van der Waals surface area contributed by atoms with Crippen molar-refractivity contribution >= 4 is 0 Å². The summed E-state index contributed by atoms with van der Waals surface area (Å²) in [5.41, 5.74) is 3.78. The number of nitrogens with zero attached hydrogens (tertiary/aromatic N) is 1. The first-order valence-corrected chi connectivity index (χ1v) is 3.81. The molecule has 0 atom stereocenters. The summed E-state index contributed by atoms with van der Waals surface area (Å²) in [6.07, 6.45) is 0. The van der Waals surface area contributed by atoms with Gasteiger partial charge >= 0.3 is 0 Å². The highest BCUT2D eigenvalue weighted by Crippen LogP contribution is 2.15. The smallest absolute Gasteiger partial charge is 0.172 e. The second kappa shape index (κ2) is 4.17. The molecule has 66 valence electrons. The molecule has 0 heterocycles. The second-order valence-corrected chi connectivity index (χ2v) is 2.59. The monoisotopic (exact) mass is 174 g/mol. The molecule has 0 fully saturated rings. The van der Waals surface area contributed by atoms with Crippen LogP contribution in [0.25, 0.3) is 0 Å². The molecule has 3 heteroatoms. The Bertz CT molecular complexity index is 352. The first kappa shape index (κ1) is 9.14. The molecule has 1 N–H and O–H groups in total. The van der Waals surface area contributed by atoms with Gasteiger partial charge < -0.3 is 4.84 Å². The molecule has 0 aliphatic rings. The van der Waals surface area contributed by atoms with E-state index in [9.17, 15) is 0 Å². The molecule has 0 spiro atoms. The zero-order chi connectivity index (χ0) is 9.68. The van der Waals surface area contributed by atoms with Gasteiger partial charge in [0.25, 0.3) is 0 Å². The van der Waals surface area contributed by atoms with E-state index in [0.717, 1.165) is 0 Å². The van der Waals surface area contributed by atoms with Gasteiger partial charge in [-0.15, -0.1) is 0 Å². The lowest BCUT2D eigenvalue weighted by Gasteiger charge is -2.07. The average Bonchev–Trinajstić information content (AvgIpc) is 2.15. The Morgan fingerprint density at radius 1 is 1.54 bits per heavy atom. The molecular weight excluding hydrogens is 164 g/mol. The number of benzene rings is 1. The van der Waals surface area contributed by atoms with E-state index in [2.05, 4.69) is 12.1 Å². The van der Waals surface area contributed by atoms with Crippen molar-refractivity contribution in [2.45, 2.75) is 6.92 Å². The van der Waals surface area contributed by atoms with E-state index in [1.165, 1.54) is 0 Å². The largest absolute Gasteiger partial charge is 0.381 e. The minimum atomic E-state index is 0.497. The molecule has 3 nitrogen and oxygen atoms in total. The molecule has 0 aliphatic carbocycles. The molecule has 1 rings (SSSR count). The van der Waals surface area contributed by atoms with Crippen molar-refractivity contribution in [1.82, 2.24) is 5.48 Å². The molecule has 0 amide bonds. The number of allylic oxidation sites excluding steroid dienone is 1. The van der Waals surface area contributed by atoms with E-state index < -0.39 is 0 Å². The van der Waals surface area contributed by atoms with Crippen LogP contribution in [0.4, 0.5) is 0 Å². The molecule has 13 heavy (non-hydrogen) atoms. The van der Waals surface area contributed by atoms with E-state index in [-0.39, 0.29) is 0 Å². The molecule has 0 aromatic heterocycles. The fourth-order valence-electron chi connectivity index (χ4n) is 0.790. The lowest BCUT2D eigenvalue weighted by atomic mass is 10.2. The average molecular weight is 174 g/mol. The first-order chi connectivity index (χ1) is 6.24. The topological polar surface area (TPSA) is 45.0 Å². The fraction of sp³-hybridized carbons (Fsp3) is 0.100. The number of hydrogen-bond donors (Lipinski definition) is 1. The normalized spacial score (nSPS) is 8.62. The van der Waals surface area contributed by atoms with Crippen molar-refractivity contribution < 1.29 is 4.84 Å². The van der Waals surface area contributed by atoms with Gasteiger partial charge in [0.05, 0.1) is 5.56 Å². The van der Waals surface area contributed by atoms with Crippen molar-refractivity contribution in [2.24, 2.45) is 0 Å². The lowest BCUT2D eigenvalue weighted by Crippen LogP contribution is -2.15. The Kier molecular flexibility index (Phi) is 2.93. The second-order valence-electron chi connectivity index (χ2n) is 2.59. The SMILES string of the molecule is C=C(C)NOc1ccccc1C#N. The maximum atomic E-state index is 8.70. The number of hydrogen-bond acceptors (Lipinski definition) is 3. The molecule has 0 unspecified atom stereocenters. The van der Waals surface area contributed by atoms with Crippen molar-refractivity contribution in [3.05, 3.63) is 42.1 Å². The quantitative estimate of drug-likeness (QED) is 0.712. The van der Waals surface area contributed by atoms with Gasteiger partial charge in [0.1, 0.15) is 6.07 Å². The summed E-state index contributed by atoms with van der Waals surface area (Å²) in [6.45, 7) is 5.38. The fourth-order valence-corrected chi connectivity index (χ4v) is 0.790. The predicted octanol–water partition coefficient (Wildman–Crippen LogP) is 1.98. The summed E-state index contributed by atoms with van der Waals surface area (Å²) in [5, 5.41) is 8.70. The van der Waals surface area contributed by atoms with E-state index in [1.54, 1.807) is 31.2 Å². The van der Waals surface area contributed by atoms with E-state index in [1.807, 2.05) is 6.07 Å². The Labute approximate surface area is 77.2 Å². The van der Waals surface area contributed by atoms with Crippen LogP contribution in [0.15, 0.2) is 36.5 Å². The van der Waals surface area contributed by atoms with Crippen LogP contribution in [0.3, 0.4) is 0 Å². The first-order valence-electron chi connectivity index (χ1n) is 3.81. The Hall–Kier alpha value is -1.95.